The quantitative estimate of drug-likeness (QED) is 0.795. The maximum atomic E-state index is 14.0. The van der Waals surface area contributed by atoms with Crippen molar-refractivity contribution < 1.29 is 13.2 Å². The first-order chi connectivity index (χ1) is 15.0. The Morgan fingerprint density at radius 3 is 2.48 bits per heavy atom. The van der Waals surface area contributed by atoms with E-state index >= 15 is 0 Å². The van der Waals surface area contributed by atoms with Crippen LogP contribution in [0.2, 0.25) is 0 Å². The summed E-state index contributed by atoms with van der Waals surface area (Å²) in [5.74, 6) is -0.106. The van der Waals surface area contributed by atoms with Crippen LogP contribution in [-0.2, 0) is 21.2 Å². The van der Waals surface area contributed by atoms with Crippen molar-refractivity contribution in [3.8, 4) is 0 Å². The average molecular weight is 439 g/mol. The minimum Gasteiger partial charge on any atom is -0.317 e. The Morgan fingerprint density at radius 1 is 1.00 bits per heavy atom. The molecular formula is C25H30N2O3S. The molecule has 2 fully saturated rings. The lowest BCUT2D eigenvalue weighted by Gasteiger charge is -2.41. The number of rotatable bonds is 4. The van der Waals surface area contributed by atoms with Gasteiger partial charge in [-0.3, -0.25) is 4.79 Å². The molecule has 2 heterocycles. The number of nitrogens with one attached hydrogen (secondary N) is 1. The van der Waals surface area contributed by atoms with Gasteiger partial charge in [0.2, 0.25) is 10.0 Å². The fourth-order valence-corrected chi connectivity index (χ4v) is 7.55. The molecule has 0 aromatic heterocycles. The highest BCUT2D eigenvalue weighted by Gasteiger charge is 2.51. The van der Waals surface area contributed by atoms with Crippen molar-refractivity contribution in [2.24, 2.45) is 11.3 Å². The SMILES string of the molecule is O=C(C1CCCN(S(=O)(=O)c2ccccc2)C1)C1c2ccccc2CC12CCNCC2. The largest absolute Gasteiger partial charge is 0.317 e. The van der Waals surface area contributed by atoms with Crippen molar-refractivity contribution in [2.45, 2.75) is 42.9 Å². The third-order valence-electron chi connectivity index (χ3n) is 7.57. The summed E-state index contributed by atoms with van der Waals surface area (Å²) >= 11 is 0. The second kappa shape index (κ2) is 8.15. The normalized spacial score (nSPS) is 25.9. The van der Waals surface area contributed by atoms with E-state index in [4.69, 9.17) is 0 Å². The van der Waals surface area contributed by atoms with E-state index in [1.807, 2.05) is 12.1 Å². The van der Waals surface area contributed by atoms with E-state index in [1.165, 1.54) is 15.4 Å². The molecule has 0 amide bonds. The van der Waals surface area contributed by atoms with Gasteiger partial charge in [0.25, 0.3) is 0 Å². The Balaban J connectivity index is 1.43. The van der Waals surface area contributed by atoms with Crippen LogP contribution in [0.1, 0.15) is 42.7 Å². The maximum absolute atomic E-state index is 14.0. The van der Waals surface area contributed by atoms with Gasteiger partial charge in [0.05, 0.1) is 4.90 Å². The number of ketones is 1. The molecule has 31 heavy (non-hydrogen) atoms. The van der Waals surface area contributed by atoms with Gasteiger partial charge in [-0.1, -0.05) is 42.5 Å². The van der Waals surface area contributed by atoms with Crippen LogP contribution >= 0.6 is 0 Å². The summed E-state index contributed by atoms with van der Waals surface area (Å²) in [5.41, 5.74) is 2.46. The van der Waals surface area contributed by atoms with Crippen molar-refractivity contribution >= 4 is 15.8 Å². The number of piperidine rings is 2. The number of hydrogen-bond donors (Lipinski definition) is 1. The van der Waals surface area contributed by atoms with E-state index in [-0.39, 0.29) is 23.0 Å². The minimum absolute atomic E-state index is 0.0212. The highest BCUT2D eigenvalue weighted by atomic mass is 32.2. The Morgan fingerprint density at radius 2 is 1.71 bits per heavy atom. The molecule has 0 bridgehead atoms. The van der Waals surface area contributed by atoms with Crippen molar-refractivity contribution in [1.29, 1.82) is 0 Å². The van der Waals surface area contributed by atoms with Crippen LogP contribution in [0, 0.1) is 11.3 Å². The number of fused-ring (bicyclic) bond motifs is 1. The molecule has 0 saturated carbocycles. The van der Waals surface area contributed by atoms with Gasteiger partial charge >= 0.3 is 0 Å². The second-order valence-electron chi connectivity index (χ2n) is 9.34. The van der Waals surface area contributed by atoms with Crippen LogP contribution in [0.15, 0.2) is 59.5 Å². The van der Waals surface area contributed by atoms with Crippen molar-refractivity contribution in [2.75, 3.05) is 26.2 Å². The topological polar surface area (TPSA) is 66.5 Å². The molecule has 1 N–H and O–H groups in total. The standard InChI is InChI=1S/C25H30N2O3S/c28-24(20-8-6-16-27(18-20)31(29,30)21-9-2-1-3-10-21)23-22-11-5-4-7-19(22)17-25(23)12-14-26-15-13-25/h1-5,7,9-11,20,23,26H,6,8,12-18H2. The number of benzene rings is 2. The number of Topliss-reactive ketones (excluding diaryl/α,β-unsaturated/α-hetero) is 1. The van der Waals surface area contributed by atoms with Gasteiger partial charge in [-0.25, -0.2) is 8.42 Å². The number of carbonyl (C=O) groups is 1. The fourth-order valence-electron chi connectivity index (χ4n) is 6.00. The van der Waals surface area contributed by atoms with E-state index < -0.39 is 10.0 Å². The Kier molecular flexibility index (Phi) is 5.49. The van der Waals surface area contributed by atoms with E-state index in [0.717, 1.165) is 45.2 Å². The molecule has 2 aliphatic heterocycles. The molecule has 164 valence electrons. The first kappa shape index (κ1) is 20.9. The fraction of sp³-hybridized carbons (Fsp3) is 0.480. The molecular weight excluding hydrogens is 408 g/mol. The molecule has 5 nitrogen and oxygen atoms in total. The number of carbonyl (C=O) groups excluding carboxylic acids is 1. The van der Waals surface area contributed by atoms with Crippen LogP contribution in [-0.4, -0.2) is 44.7 Å². The molecule has 6 heteroatoms. The smallest absolute Gasteiger partial charge is 0.243 e. The van der Waals surface area contributed by atoms with Crippen LogP contribution in [0.4, 0.5) is 0 Å². The Labute approximate surface area is 184 Å². The zero-order valence-corrected chi connectivity index (χ0v) is 18.6. The summed E-state index contributed by atoms with van der Waals surface area (Å²) in [5, 5.41) is 3.45. The molecule has 3 aliphatic rings. The van der Waals surface area contributed by atoms with E-state index in [1.54, 1.807) is 24.3 Å². The lowest BCUT2D eigenvalue weighted by molar-refractivity contribution is -0.128. The molecule has 2 saturated heterocycles. The van der Waals surface area contributed by atoms with Gasteiger partial charge in [-0.2, -0.15) is 4.31 Å². The minimum atomic E-state index is -3.57. The highest BCUT2D eigenvalue weighted by Crippen LogP contribution is 2.54. The summed E-state index contributed by atoms with van der Waals surface area (Å²) in [7, 11) is -3.57. The molecule has 2 unspecified atom stereocenters. The van der Waals surface area contributed by atoms with Gasteiger partial charge in [0, 0.05) is 24.9 Å². The zero-order valence-electron chi connectivity index (χ0n) is 17.8. The first-order valence-electron chi connectivity index (χ1n) is 11.4. The third-order valence-corrected chi connectivity index (χ3v) is 9.45. The van der Waals surface area contributed by atoms with Crippen molar-refractivity contribution in [1.82, 2.24) is 9.62 Å². The summed E-state index contributed by atoms with van der Waals surface area (Å²) in [6.07, 6.45) is 4.45. The first-order valence-corrected chi connectivity index (χ1v) is 12.8. The number of hydrogen-bond acceptors (Lipinski definition) is 4. The molecule has 0 radical (unpaired) electrons. The van der Waals surface area contributed by atoms with Gasteiger partial charge in [-0.15, -0.1) is 0 Å². The summed E-state index contributed by atoms with van der Waals surface area (Å²) in [6.45, 7) is 2.66. The predicted octanol–water partition coefficient (Wildman–Crippen LogP) is 3.37. The van der Waals surface area contributed by atoms with Gasteiger partial charge in [-0.05, 0) is 73.9 Å². The molecule has 2 aromatic carbocycles. The Bertz CT molecular complexity index is 1060. The zero-order chi connectivity index (χ0) is 21.5. The predicted molar refractivity (Wildman–Crippen MR) is 120 cm³/mol. The van der Waals surface area contributed by atoms with E-state index in [0.29, 0.717) is 18.0 Å². The summed E-state index contributed by atoms with van der Waals surface area (Å²) in [4.78, 5) is 14.3. The monoisotopic (exact) mass is 438 g/mol. The van der Waals surface area contributed by atoms with Gasteiger partial charge in [0.15, 0.2) is 0 Å². The molecule has 5 rings (SSSR count). The third kappa shape index (κ3) is 3.65. The summed E-state index contributed by atoms with van der Waals surface area (Å²) < 4.78 is 27.9. The van der Waals surface area contributed by atoms with Crippen LogP contribution in [0.5, 0.6) is 0 Å². The van der Waals surface area contributed by atoms with Gasteiger partial charge < -0.3 is 5.32 Å². The van der Waals surface area contributed by atoms with E-state index in [2.05, 4.69) is 23.5 Å². The average Bonchev–Trinajstić information content (AvgIpc) is 3.12. The van der Waals surface area contributed by atoms with Crippen LogP contribution in [0.3, 0.4) is 0 Å². The van der Waals surface area contributed by atoms with Crippen LogP contribution in [0.25, 0.3) is 0 Å². The molecule has 1 aliphatic carbocycles. The van der Waals surface area contributed by atoms with Crippen molar-refractivity contribution in [3.63, 3.8) is 0 Å². The molecule has 2 atom stereocenters. The lowest BCUT2D eigenvalue weighted by Crippen LogP contribution is -2.47. The van der Waals surface area contributed by atoms with Gasteiger partial charge in [0.1, 0.15) is 5.78 Å². The molecule has 2 aromatic rings. The number of sulfonamides is 1. The number of nitrogens with zero attached hydrogens (tertiary/aromatic N) is 1. The summed E-state index contributed by atoms with van der Waals surface area (Å²) in [6, 6.07) is 17.0. The Hall–Kier alpha value is -2.02. The van der Waals surface area contributed by atoms with E-state index in [9.17, 15) is 13.2 Å². The highest BCUT2D eigenvalue weighted by molar-refractivity contribution is 7.89. The molecule has 1 spiro atoms. The second-order valence-corrected chi connectivity index (χ2v) is 11.3. The maximum Gasteiger partial charge on any atom is 0.243 e. The van der Waals surface area contributed by atoms with Crippen molar-refractivity contribution in [3.05, 3.63) is 65.7 Å². The van der Waals surface area contributed by atoms with Crippen LogP contribution < -0.4 is 5.32 Å². The lowest BCUT2D eigenvalue weighted by atomic mass is 9.66.